The van der Waals surface area contributed by atoms with E-state index in [-0.39, 0.29) is 31.7 Å². The molecule has 25 heavy (non-hydrogen) atoms. The van der Waals surface area contributed by atoms with Crippen molar-refractivity contribution >= 4 is 23.0 Å². The fourth-order valence-electron chi connectivity index (χ4n) is 3.20. The molecule has 0 spiro atoms. The van der Waals surface area contributed by atoms with Gasteiger partial charge in [-0.05, 0) is 30.5 Å². The average Bonchev–Trinajstić information content (AvgIpc) is 3.05. The van der Waals surface area contributed by atoms with Gasteiger partial charge in [0.2, 0.25) is 5.76 Å². The van der Waals surface area contributed by atoms with Crippen LogP contribution < -0.4 is 4.74 Å². The van der Waals surface area contributed by atoms with Crippen LogP contribution in [0.3, 0.4) is 0 Å². The summed E-state index contributed by atoms with van der Waals surface area (Å²) in [5.74, 6) is -0.188. The molecule has 2 aromatic rings. The van der Waals surface area contributed by atoms with Gasteiger partial charge in [-0.15, -0.1) is 0 Å². The first kappa shape index (κ1) is 17.1. The number of rotatable bonds is 3. The van der Waals surface area contributed by atoms with E-state index in [0.717, 1.165) is 0 Å². The summed E-state index contributed by atoms with van der Waals surface area (Å²) in [5.41, 5.74) is -0.296. The third-order valence-electron chi connectivity index (χ3n) is 4.62. The normalized spacial score (nSPS) is 16.7. The zero-order chi connectivity index (χ0) is 18.2. The summed E-state index contributed by atoms with van der Waals surface area (Å²) in [6.07, 6.45) is -0.503. The van der Waals surface area contributed by atoms with Crippen molar-refractivity contribution in [2.45, 2.75) is 18.4 Å². The van der Waals surface area contributed by atoms with Gasteiger partial charge in [-0.1, -0.05) is 6.07 Å². The van der Waals surface area contributed by atoms with Crippen LogP contribution in [0.4, 0.5) is 4.79 Å². The second-order valence-electron chi connectivity index (χ2n) is 5.96. The van der Waals surface area contributed by atoms with Crippen LogP contribution in [0.1, 0.15) is 29.0 Å². The smallest absolute Gasteiger partial charge is 0.407 e. The summed E-state index contributed by atoms with van der Waals surface area (Å²) in [7, 11) is 2.73. The molecule has 8 heteroatoms. The van der Waals surface area contributed by atoms with E-state index in [4.69, 9.17) is 14.3 Å². The molecule has 2 heterocycles. The number of methoxy groups -OCH3 is 2. The highest BCUT2D eigenvalue weighted by atomic mass is 16.5. The van der Waals surface area contributed by atoms with Crippen LogP contribution in [0.15, 0.2) is 22.6 Å². The first-order chi connectivity index (χ1) is 11.9. The number of aliphatic hydroxyl groups is 1. The lowest BCUT2D eigenvalue weighted by atomic mass is 9.83. The number of amides is 1. The van der Waals surface area contributed by atoms with E-state index in [1.807, 2.05) is 0 Å². The second-order valence-corrected chi connectivity index (χ2v) is 5.96. The standard InChI is InChI=1S/C17H19NO7/c1-23-12-4-3-11(10-9-13(15(19)24-2)25-14(10)12)17(22)5-7-18(8-6-17)16(20)21/h3-4,9,22H,5-8H2,1-2H3,(H,20,21). The predicted octanol–water partition coefficient (Wildman–Crippen LogP) is 2.19. The van der Waals surface area contributed by atoms with Gasteiger partial charge in [0.05, 0.1) is 19.8 Å². The molecule has 1 aliphatic heterocycles. The van der Waals surface area contributed by atoms with Crippen LogP contribution in [0.25, 0.3) is 11.0 Å². The van der Waals surface area contributed by atoms with Crippen molar-refractivity contribution in [3.8, 4) is 5.75 Å². The topological polar surface area (TPSA) is 109 Å². The van der Waals surface area contributed by atoms with E-state index in [2.05, 4.69) is 4.74 Å². The number of carbonyl (C=O) groups is 2. The van der Waals surface area contributed by atoms with Crippen molar-refractivity contribution in [1.29, 1.82) is 0 Å². The monoisotopic (exact) mass is 349 g/mol. The van der Waals surface area contributed by atoms with Gasteiger partial charge in [-0.2, -0.15) is 0 Å². The predicted molar refractivity (Wildman–Crippen MR) is 86.8 cm³/mol. The largest absolute Gasteiger partial charge is 0.493 e. The average molecular weight is 349 g/mol. The van der Waals surface area contributed by atoms with Gasteiger partial charge in [0.25, 0.3) is 0 Å². The van der Waals surface area contributed by atoms with Crippen molar-refractivity contribution in [2.75, 3.05) is 27.3 Å². The molecule has 1 fully saturated rings. The number of esters is 1. The molecule has 1 aromatic heterocycles. The lowest BCUT2D eigenvalue weighted by Crippen LogP contribution is -2.44. The Labute approximate surface area is 143 Å². The molecule has 0 aliphatic carbocycles. The van der Waals surface area contributed by atoms with Gasteiger partial charge in [0.1, 0.15) is 0 Å². The Balaban J connectivity index is 2.06. The first-order valence-electron chi connectivity index (χ1n) is 7.79. The molecule has 8 nitrogen and oxygen atoms in total. The maximum atomic E-state index is 11.8. The molecule has 0 atom stereocenters. The van der Waals surface area contributed by atoms with Crippen molar-refractivity contribution in [3.63, 3.8) is 0 Å². The van der Waals surface area contributed by atoms with Gasteiger partial charge >= 0.3 is 12.1 Å². The van der Waals surface area contributed by atoms with E-state index >= 15 is 0 Å². The van der Waals surface area contributed by atoms with Gasteiger partial charge < -0.3 is 29.0 Å². The van der Waals surface area contributed by atoms with Gasteiger partial charge in [0, 0.05) is 18.5 Å². The van der Waals surface area contributed by atoms with Gasteiger partial charge in [-0.25, -0.2) is 9.59 Å². The number of ether oxygens (including phenoxy) is 2. The van der Waals surface area contributed by atoms with Crippen molar-refractivity contribution < 1.29 is 33.7 Å². The molecule has 0 saturated carbocycles. The van der Waals surface area contributed by atoms with Crippen LogP contribution in [-0.2, 0) is 10.3 Å². The Morgan fingerprint density at radius 1 is 1.24 bits per heavy atom. The van der Waals surface area contributed by atoms with E-state index in [1.165, 1.54) is 25.2 Å². The van der Waals surface area contributed by atoms with Gasteiger partial charge in [0.15, 0.2) is 11.3 Å². The van der Waals surface area contributed by atoms with Crippen molar-refractivity contribution in [1.82, 2.24) is 4.90 Å². The van der Waals surface area contributed by atoms with Crippen molar-refractivity contribution in [2.24, 2.45) is 0 Å². The summed E-state index contributed by atoms with van der Waals surface area (Å²) in [4.78, 5) is 24.1. The zero-order valence-electron chi connectivity index (χ0n) is 13.9. The molecule has 2 N–H and O–H groups in total. The Morgan fingerprint density at radius 3 is 2.48 bits per heavy atom. The van der Waals surface area contributed by atoms with Gasteiger partial charge in [-0.3, -0.25) is 0 Å². The molecule has 3 rings (SSSR count). The molecule has 1 aromatic carbocycles. The van der Waals surface area contributed by atoms with Crippen LogP contribution in [-0.4, -0.2) is 54.5 Å². The molecule has 1 amide bonds. The maximum Gasteiger partial charge on any atom is 0.407 e. The van der Waals surface area contributed by atoms with Crippen LogP contribution in [0.5, 0.6) is 5.75 Å². The lowest BCUT2D eigenvalue weighted by Gasteiger charge is -2.37. The molecule has 0 radical (unpaired) electrons. The Kier molecular flexibility index (Phi) is 4.30. The lowest BCUT2D eigenvalue weighted by molar-refractivity contribution is -0.0201. The molecule has 1 aliphatic rings. The molecular weight excluding hydrogens is 330 g/mol. The second kappa shape index (κ2) is 6.29. The number of carboxylic acid groups (broad SMARTS) is 1. The van der Waals surface area contributed by atoms with Crippen LogP contribution in [0, 0.1) is 0 Å². The molecule has 0 bridgehead atoms. The minimum Gasteiger partial charge on any atom is -0.493 e. The molecule has 134 valence electrons. The number of fused-ring (bicyclic) bond motifs is 1. The Morgan fingerprint density at radius 2 is 1.92 bits per heavy atom. The number of likely N-dealkylation sites (tertiary alicyclic amines) is 1. The number of nitrogens with zero attached hydrogens (tertiary/aromatic N) is 1. The van der Waals surface area contributed by atoms with E-state index < -0.39 is 17.7 Å². The highest BCUT2D eigenvalue weighted by molar-refractivity contribution is 5.96. The number of carbonyl (C=O) groups excluding carboxylic acids is 1. The summed E-state index contributed by atoms with van der Waals surface area (Å²) < 4.78 is 15.5. The third kappa shape index (κ3) is 2.89. The zero-order valence-corrected chi connectivity index (χ0v) is 13.9. The summed E-state index contributed by atoms with van der Waals surface area (Å²) in [5, 5.41) is 20.7. The molecule has 0 unspecified atom stereocenters. The Hall–Kier alpha value is -2.74. The highest BCUT2D eigenvalue weighted by Gasteiger charge is 2.37. The molecule has 1 saturated heterocycles. The highest BCUT2D eigenvalue weighted by Crippen LogP contribution is 2.41. The molecular formula is C17H19NO7. The summed E-state index contributed by atoms with van der Waals surface area (Å²) in [6.45, 7) is 0.447. The first-order valence-corrected chi connectivity index (χ1v) is 7.79. The minimum atomic E-state index is -1.21. The maximum absolute atomic E-state index is 11.8. The summed E-state index contributed by atoms with van der Waals surface area (Å²) in [6, 6.07) is 4.89. The third-order valence-corrected chi connectivity index (χ3v) is 4.62. The van der Waals surface area contributed by atoms with Crippen LogP contribution in [0.2, 0.25) is 0 Å². The number of hydrogen-bond donors (Lipinski definition) is 2. The van der Waals surface area contributed by atoms with E-state index in [9.17, 15) is 14.7 Å². The Bertz CT molecular complexity index is 818. The quantitative estimate of drug-likeness (QED) is 0.817. The van der Waals surface area contributed by atoms with E-state index in [1.54, 1.807) is 12.1 Å². The fraction of sp³-hybridized carbons (Fsp3) is 0.412. The SMILES string of the molecule is COC(=O)c1cc2c(C3(O)CCN(C(=O)O)CC3)ccc(OC)c2o1. The fourth-order valence-corrected chi connectivity index (χ4v) is 3.20. The summed E-state index contributed by atoms with van der Waals surface area (Å²) >= 11 is 0. The number of furan rings is 1. The number of hydrogen-bond acceptors (Lipinski definition) is 6. The van der Waals surface area contributed by atoms with Crippen LogP contribution >= 0.6 is 0 Å². The minimum absolute atomic E-state index is 0.00909. The van der Waals surface area contributed by atoms with E-state index in [0.29, 0.717) is 22.3 Å². The number of benzene rings is 1. The van der Waals surface area contributed by atoms with Crippen molar-refractivity contribution in [3.05, 3.63) is 29.5 Å². The number of piperidine rings is 1.